The van der Waals surface area contributed by atoms with Crippen molar-refractivity contribution in [2.24, 2.45) is 23.3 Å². The molecule has 0 bridgehead atoms. The molecule has 1 aliphatic carbocycles. The van der Waals surface area contributed by atoms with E-state index >= 15 is 0 Å². The first-order chi connectivity index (χ1) is 15.8. The average molecular weight is 480 g/mol. The van der Waals surface area contributed by atoms with Crippen molar-refractivity contribution in [3.8, 4) is 0 Å². The van der Waals surface area contributed by atoms with Crippen LogP contribution in [0, 0.1) is 11.8 Å². The number of amides is 2. The van der Waals surface area contributed by atoms with Gasteiger partial charge in [0.25, 0.3) is 0 Å². The van der Waals surface area contributed by atoms with Crippen molar-refractivity contribution < 1.29 is 14.6 Å². The predicted octanol–water partition coefficient (Wildman–Crippen LogP) is 4.80. The summed E-state index contributed by atoms with van der Waals surface area (Å²) in [6.45, 7) is 1.27. The fourth-order valence-corrected chi connectivity index (χ4v) is 6.39. The van der Waals surface area contributed by atoms with E-state index in [0.717, 1.165) is 37.7 Å². The molecule has 0 radical (unpaired) electrons. The molecule has 4 atom stereocenters. The van der Waals surface area contributed by atoms with Gasteiger partial charge >= 0.3 is 6.03 Å². The van der Waals surface area contributed by atoms with Crippen LogP contribution in [0.25, 0.3) is 0 Å². The van der Waals surface area contributed by atoms with E-state index in [1.165, 1.54) is 25.7 Å². The number of rotatable bonds is 11. The highest BCUT2D eigenvalue weighted by Gasteiger charge is 2.47. The number of nitrogens with two attached hydrogens (primary N) is 2. The Morgan fingerprint density at radius 1 is 1.24 bits per heavy atom. The number of carbonyl (C=O) groups excluding carboxylic acids is 1. The molecule has 7 heteroatoms. The summed E-state index contributed by atoms with van der Waals surface area (Å²) in [5.74, 6) is 0.513. The summed E-state index contributed by atoms with van der Waals surface area (Å²) in [5, 5.41) is 12.9. The molecule has 2 fully saturated rings. The Kier molecular flexibility index (Phi) is 9.86. The number of hydrogen-bond donors (Lipinski definition) is 3. The number of primary amides is 1. The average Bonchev–Trinajstić information content (AvgIpc) is 3.29. The minimum Gasteiger partial charge on any atom is -0.385 e. The second-order valence-corrected chi connectivity index (χ2v) is 10.6. The Hall–Kier alpha value is -1.34. The fraction of sp³-hybridized carbons (Fsp3) is 0.731. The van der Waals surface area contributed by atoms with Crippen molar-refractivity contribution >= 4 is 17.6 Å². The molecular formula is C26H42ClN3O3. The van der Waals surface area contributed by atoms with Crippen molar-refractivity contribution in [3.05, 3.63) is 34.9 Å². The minimum absolute atomic E-state index is 0.0161. The number of unbranched alkanes of at least 4 members (excludes halogenated alkanes) is 1. The van der Waals surface area contributed by atoms with Gasteiger partial charge in [0.15, 0.2) is 0 Å². The van der Waals surface area contributed by atoms with E-state index in [2.05, 4.69) is 0 Å². The molecule has 186 valence electrons. The zero-order valence-electron chi connectivity index (χ0n) is 20.1. The van der Waals surface area contributed by atoms with Gasteiger partial charge in [-0.1, -0.05) is 49.4 Å². The second kappa shape index (κ2) is 12.4. The van der Waals surface area contributed by atoms with Crippen molar-refractivity contribution in [3.63, 3.8) is 0 Å². The quantitative estimate of drug-likeness (QED) is 0.396. The predicted molar refractivity (Wildman–Crippen MR) is 133 cm³/mol. The lowest BCUT2D eigenvalue weighted by Crippen LogP contribution is -2.57. The first-order valence-corrected chi connectivity index (χ1v) is 13.0. The van der Waals surface area contributed by atoms with Gasteiger partial charge in [-0.3, -0.25) is 0 Å². The maximum Gasteiger partial charge on any atom is 0.315 e. The van der Waals surface area contributed by atoms with E-state index in [9.17, 15) is 9.90 Å². The van der Waals surface area contributed by atoms with Gasteiger partial charge < -0.3 is 26.2 Å². The van der Waals surface area contributed by atoms with Crippen LogP contribution in [-0.2, 0) is 10.3 Å². The van der Waals surface area contributed by atoms with Crippen LogP contribution in [0.5, 0.6) is 0 Å². The minimum atomic E-state index is -1.12. The van der Waals surface area contributed by atoms with Crippen LogP contribution in [0.4, 0.5) is 4.79 Å². The molecule has 2 unspecified atom stereocenters. The normalized spacial score (nSPS) is 24.5. The molecule has 2 aliphatic rings. The highest BCUT2D eigenvalue weighted by atomic mass is 35.5. The molecule has 1 aliphatic heterocycles. The maximum atomic E-state index is 12.4. The lowest BCUT2D eigenvalue weighted by atomic mass is 9.68. The molecule has 6 nitrogen and oxygen atoms in total. The third-order valence-corrected chi connectivity index (χ3v) is 8.05. The number of nitrogens with zero attached hydrogens (tertiary/aromatic N) is 1. The molecule has 1 heterocycles. The molecular weight excluding hydrogens is 438 g/mol. The maximum absolute atomic E-state index is 12.4. The second-order valence-electron chi connectivity index (χ2n) is 10.1. The van der Waals surface area contributed by atoms with Gasteiger partial charge in [0.05, 0.1) is 5.60 Å². The Bertz CT molecular complexity index is 758. The Labute approximate surface area is 204 Å². The number of benzene rings is 1. The summed E-state index contributed by atoms with van der Waals surface area (Å²) >= 11 is 6.33. The summed E-state index contributed by atoms with van der Waals surface area (Å²) in [5.41, 5.74) is 12.2. The molecule has 1 saturated carbocycles. The first kappa shape index (κ1) is 26.3. The summed E-state index contributed by atoms with van der Waals surface area (Å²) in [6, 6.07) is 6.87. The van der Waals surface area contributed by atoms with Crippen molar-refractivity contribution in [1.29, 1.82) is 0 Å². The topological polar surface area (TPSA) is 102 Å². The van der Waals surface area contributed by atoms with E-state index in [-0.39, 0.29) is 18.0 Å². The van der Waals surface area contributed by atoms with Crippen LogP contribution < -0.4 is 11.5 Å². The molecule has 2 amide bonds. The summed E-state index contributed by atoms with van der Waals surface area (Å²) < 4.78 is 5.22. The van der Waals surface area contributed by atoms with E-state index in [4.69, 9.17) is 27.8 Å². The van der Waals surface area contributed by atoms with Gasteiger partial charge in [0.1, 0.15) is 0 Å². The van der Waals surface area contributed by atoms with Gasteiger partial charge in [-0.2, -0.15) is 0 Å². The van der Waals surface area contributed by atoms with Crippen LogP contribution in [0.15, 0.2) is 24.3 Å². The number of piperidine rings is 1. The third kappa shape index (κ3) is 6.84. The highest BCUT2D eigenvalue weighted by molar-refractivity contribution is 6.30. The van der Waals surface area contributed by atoms with Gasteiger partial charge in [0.2, 0.25) is 0 Å². The largest absolute Gasteiger partial charge is 0.385 e. The van der Waals surface area contributed by atoms with Crippen LogP contribution in [0.1, 0.15) is 76.2 Å². The SMILES string of the molecule is COCCCC[C@@](O)(c1cccc(Cl)c1)C1CCCN(C(N)=O)C1C[C@@H](N)CC1CCCC1. The van der Waals surface area contributed by atoms with Gasteiger partial charge in [-0.05, 0) is 68.6 Å². The smallest absolute Gasteiger partial charge is 0.315 e. The number of methoxy groups -OCH3 is 1. The number of aliphatic hydroxyl groups is 1. The Morgan fingerprint density at radius 2 is 2.00 bits per heavy atom. The highest BCUT2D eigenvalue weighted by Crippen LogP contribution is 2.44. The molecule has 0 aromatic heterocycles. The number of urea groups is 1. The van der Waals surface area contributed by atoms with Crippen molar-refractivity contribution in [1.82, 2.24) is 4.90 Å². The van der Waals surface area contributed by atoms with Gasteiger partial charge in [0, 0.05) is 43.3 Å². The molecule has 1 aromatic carbocycles. The zero-order chi connectivity index (χ0) is 23.8. The molecule has 33 heavy (non-hydrogen) atoms. The van der Waals surface area contributed by atoms with E-state index in [1.807, 2.05) is 24.3 Å². The number of hydrogen-bond acceptors (Lipinski definition) is 4. The van der Waals surface area contributed by atoms with E-state index in [1.54, 1.807) is 12.0 Å². The molecule has 0 spiro atoms. The van der Waals surface area contributed by atoms with Crippen molar-refractivity contribution in [2.45, 2.75) is 88.3 Å². The molecule has 1 aromatic rings. The lowest BCUT2D eigenvalue weighted by Gasteiger charge is -2.49. The van der Waals surface area contributed by atoms with Gasteiger partial charge in [-0.25, -0.2) is 4.79 Å². The number of carbonyl (C=O) groups is 1. The van der Waals surface area contributed by atoms with Crippen LogP contribution in [0.2, 0.25) is 5.02 Å². The summed E-state index contributed by atoms with van der Waals surface area (Å²) in [4.78, 5) is 14.2. The monoisotopic (exact) mass is 479 g/mol. The Balaban J connectivity index is 1.88. The summed E-state index contributed by atoms with van der Waals surface area (Å²) in [6.07, 6.45) is 10.6. The van der Waals surface area contributed by atoms with Gasteiger partial charge in [-0.15, -0.1) is 0 Å². The number of likely N-dealkylation sites (tertiary alicyclic amines) is 1. The molecule has 1 saturated heterocycles. The molecule has 3 rings (SSSR count). The van der Waals surface area contributed by atoms with Crippen LogP contribution in [0.3, 0.4) is 0 Å². The van der Waals surface area contributed by atoms with Crippen LogP contribution >= 0.6 is 11.6 Å². The lowest BCUT2D eigenvalue weighted by molar-refractivity contribution is -0.0822. The van der Waals surface area contributed by atoms with E-state index in [0.29, 0.717) is 36.9 Å². The third-order valence-electron chi connectivity index (χ3n) is 7.81. The van der Waals surface area contributed by atoms with Crippen molar-refractivity contribution in [2.75, 3.05) is 20.3 Å². The van der Waals surface area contributed by atoms with E-state index < -0.39 is 11.6 Å². The fourth-order valence-electron chi connectivity index (χ4n) is 6.20. The standard InChI is InChI=1S/C26H42ClN3O3/c1-33-15-5-4-13-26(32,20-10-6-11-21(27)17-20)23-12-7-14-30(25(29)31)24(23)18-22(28)16-19-8-2-3-9-19/h6,10-11,17,19,22-24,32H,2-5,7-9,12-16,18,28H2,1H3,(H2,29,31)/t22-,23?,24?,26+/m0/s1. The Morgan fingerprint density at radius 3 is 2.67 bits per heavy atom. The number of halogens is 1. The molecule has 5 N–H and O–H groups in total. The van der Waals surface area contributed by atoms with Crippen LogP contribution in [-0.4, -0.2) is 48.4 Å². The number of ether oxygens (including phenoxy) is 1. The summed E-state index contributed by atoms with van der Waals surface area (Å²) in [7, 11) is 1.69. The first-order valence-electron chi connectivity index (χ1n) is 12.6. The zero-order valence-corrected chi connectivity index (χ0v) is 20.8.